The number of nitrogens with one attached hydrogen (secondary N) is 1. The van der Waals surface area contributed by atoms with Gasteiger partial charge in [-0.2, -0.15) is 0 Å². The Morgan fingerprint density at radius 1 is 0.967 bits per heavy atom. The molecule has 1 saturated heterocycles. The fourth-order valence-corrected chi connectivity index (χ4v) is 3.19. The normalized spacial score (nSPS) is 14.9. The van der Waals surface area contributed by atoms with Gasteiger partial charge in [0, 0.05) is 5.56 Å². The minimum Gasteiger partial charge on any atom is -0.489 e. The molecule has 0 bridgehead atoms. The molecule has 3 aromatic carbocycles. The van der Waals surface area contributed by atoms with Gasteiger partial charge in [0.2, 0.25) is 0 Å². The first kappa shape index (κ1) is 19.7. The maximum Gasteiger partial charge on any atom is 0.282 e. The van der Waals surface area contributed by atoms with E-state index >= 15 is 0 Å². The van der Waals surface area contributed by atoms with Crippen molar-refractivity contribution in [1.29, 1.82) is 0 Å². The molecule has 0 saturated carbocycles. The monoisotopic (exact) mass is 422 g/mol. The average Bonchev–Trinajstić information content (AvgIpc) is 3.03. The second-order valence-corrected chi connectivity index (χ2v) is 6.94. The number of carbonyl (C=O) groups excluding carboxylic acids is 2. The van der Waals surface area contributed by atoms with Crippen molar-refractivity contribution >= 4 is 35.2 Å². The van der Waals surface area contributed by atoms with E-state index in [0.29, 0.717) is 22.0 Å². The third-order valence-corrected chi connectivity index (χ3v) is 4.90. The Morgan fingerprint density at radius 3 is 2.40 bits per heavy atom. The number of anilines is 1. The van der Waals surface area contributed by atoms with Crippen molar-refractivity contribution in [3.63, 3.8) is 0 Å². The van der Waals surface area contributed by atoms with Gasteiger partial charge in [-0.05, 0) is 48.0 Å². The second-order valence-electron chi connectivity index (χ2n) is 6.53. The summed E-state index contributed by atoms with van der Waals surface area (Å²) in [6, 6.07) is 20.1. The molecule has 30 heavy (non-hydrogen) atoms. The van der Waals surface area contributed by atoms with Crippen molar-refractivity contribution in [3.8, 4) is 5.75 Å². The fourth-order valence-electron chi connectivity index (χ4n) is 2.97. The van der Waals surface area contributed by atoms with Crippen LogP contribution in [0.5, 0.6) is 5.75 Å². The van der Waals surface area contributed by atoms with Gasteiger partial charge in [0.05, 0.1) is 10.7 Å². The zero-order valence-corrected chi connectivity index (χ0v) is 16.4. The zero-order valence-electron chi connectivity index (χ0n) is 15.6. The van der Waals surface area contributed by atoms with E-state index in [1.165, 1.54) is 23.2 Å². The molecular weight excluding hydrogens is 407 g/mol. The number of benzene rings is 3. The van der Waals surface area contributed by atoms with E-state index in [1.807, 2.05) is 6.07 Å². The number of ether oxygens (including phenoxy) is 1. The lowest BCUT2D eigenvalue weighted by molar-refractivity contribution is -0.117. The van der Waals surface area contributed by atoms with Crippen LogP contribution in [0.4, 0.5) is 10.1 Å². The zero-order chi connectivity index (χ0) is 21.1. The molecule has 1 aliphatic heterocycles. The highest BCUT2D eigenvalue weighted by molar-refractivity contribution is 6.32. The molecule has 150 valence electrons. The third-order valence-electron chi connectivity index (χ3n) is 4.54. The highest BCUT2D eigenvalue weighted by atomic mass is 35.5. The van der Waals surface area contributed by atoms with Gasteiger partial charge in [-0.1, -0.05) is 48.0 Å². The summed E-state index contributed by atoms with van der Waals surface area (Å²) in [5.74, 6) is -0.832. The number of amides is 2. The van der Waals surface area contributed by atoms with Crippen LogP contribution in [0.1, 0.15) is 11.1 Å². The topological polar surface area (TPSA) is 58.6 Å². The van der Waals surface area contributed by atoms with E-state index < -0.39 is 17.6 Å². The number of halogens is 2. The molecule has 1 aliphatic rings. The van der Waals surface area contributed by atoms with Crippen LogP contribution < -0.4 is 15.2 Å². The molecule has 0 atom stereocenters. The summed E-state index contributed by atoms with van der Waals surface area (Å²) >= 11 is 6.00. The minimum absolute atomic E-state index is 0.0150. The van der Waals surface area contributed by atoms with E-state index in [0.717, 1.165) is 0 Å². The van der Waals surface area contributed by atoms with E-state index in [2.05, 4.69) is 5.43 Å². The van der Waals surface area contributed by atoms with Crippen molar-refractivity contribution < 1.29 is 18.7 Å². The SMILES string of the molecule is O=C1NN(c2ccccc2)C(=O)/C1=C/c1ccc(OCc2c(F)cccc2Cl)cc1. The molecule has 0 radical (unpaired) electrons. The van der Waals surface area contributed by atoms with Crippen LogP contribution in [0.25, 0.3) is 6.08 Å². The minimum atomic E-state index is -0.474. The maximum absolute atomic E-state index is 13.8. The highest BCUT2D eigenvalue weighted by Gasteiger charge is 2.34. The first-order valence-corrected chi connectivity index (χ1v) is 9.48. The van der Waals surface area contributed by atoms with E-state index in [-0.39, 0.29) is 17.7 Å². The summed E-state index contributed by atoms with van der Waals surface area (Å²) in [5.41, 5.74) is 4.10. The van der Waals surface area contributed by atoms with Gasteiger partial charge in [-0.15, -0.1) is 0 Å². The van der Waals surface area contributed by atoms with Gasteiger partial charge in [-0.3, -0.25) is 15.0 Å². The van der Waals surface area contributed by atoms with Crippen LogP contribution in [0.2, 0.25) is 5.02 Å². The van der Waals surface area contributed by atoms with Crippen LogP contribution in [-0.4, -0.2) is 11.8 Å². The van der Waals surface area contributed by atoms with Crippen molar-refractivity contribution in [2.75, 3.05) is 5.01 Å². The van der Waals surface area contributed by atoms with E-state index in [9.17, 15) is 14.0 Å². The van der Waals surface area contributed by atoms with Crippen LogP contribution >= 0.6 is 11.6 Å². The molecule has 0 aliphatic carbocycles. The third kappa shape index (κ3) is 4.04. The summed E-state index contributed by atoms with van der Waals surface area (Å²) in [6.07, 6.45) is 1.51. The van der Waals surface area contributed by atoms with Gasteiger partial charge in [0.25, 0.3) is 11.8 Å². The van der Waals surface area contributed by atoms with Crippen LogP contribution in [0, 0.1) is 5.82 Å². The molecule has 3 aromatic rings. The Kier molecular flexibility index (Phi) is 5.50. The van der Waals surface area contributed by atoms with Gasteiger partial charge in [0.1, 0.15) is 23.7 Å². The lowest BCUT2D eigenvalue weighted by Crippen LogP contribution is -2.35. The Labute approximate surface area is 177 Å². The van der Waals surface area contributed by atoms with E-state index in [4.69, 9.17) is 16.3 Å². The van der Waals surface area contributed by atoms with Crippen LogP contribution in [-0.2, 0) is 16.2 Å². The Bertz CT molecular complexity index is 1110. The Morgan fingerprint density at radius 2 is 1.70 bits per heavy atom. The first-order valence-electron chi connectivity index (χ1n) is 9.11. The molecule has 7 heteroatoms. The molecule has 1 fully saturated rings. The van der Waals surface area contributed by atoms with Gasteiger partial charge >= 0.3 is 0 Å². The van der Waals surface area contributed by atoms with Crippen molar-refractivity contribution in [2.45, 2.75) is 6.61 Å². The average molecular weight is 423 g/mol. The van der Waals surface area contributed by atoms with E-state index in [1.54, 1.807) is 54.6 Å². The molecule has 4 rings (SSSR count). The standard InChI is InChI=1S/C23H16ClFN2O3/c24-20-7-4-8-21(25)19(20)14-30-17-11-9-15(10-12-17)13-18-22(28)26-27(23(18)29)16-5-2-1-3-6-16/h1-13H,14H2,(H,26,28)/b18-13+. The number of carbonyl (C=O) groups is 2. The molecule has 1 N–H and O–H groups in total. The van der Waals surface area contributed by atoms with Crippen molar-refractivity contribution in [1.82, 2.24) is 5.43 Å². The summed E-state index contributed by atoms with van der Waals surface area (Å²) in [4.78, 5) is 24.9. The van der Waals surface area contributed by atoms with Crippen LogP contribution in [0.3, 0.4) is 0 Å². The predicted molar refractivity (Wildman–Crippen MR) is 112 cm³/mol. The van der Waals surface area contributed by atoms with Gasteiger partial charge in [0.15, 0.2) is 0 Å². The Hall–Kier alpha value is -3.64. The second kappa shape index (κ2) is 8.39. The molecule has 0 aromatic heterocycles. The lowest BCUT2D eigenvalue weighted by Gasteiger charge is -2.13. The molecular formula is C23H16ClFN2O3. The highest BCUT2D eigenvalue weighted by Crippen LogP contribution is 2.24. The number of hydrogen-bond acceptors (Lipinski definition) is 3. The molecule has 0 spiro atoms. The first-order chi connectivity index (χ1) is 14.5. The maximum atomic E-state index is 13.8. The number of nitrogens with zero attached hydrogens (tertiary/aromatic N) is 1. The largest absolute Gasteiger partial charge is 0.489 e. The van der Waals surface area contributed by atoms with Gasteiger partial charge < -0.3 is 4.74 Å². The fraction of sp³-hybridized carbons (Fsp3) is 0.0435. The summed E-state index contributed by atoms with van der Waals surface area (Å²) in [6.45, 7) is -0.0150. The number of rotatable bonds is 5. The van der Waals surface area contributed by atoms with Gasteiger partial charge in [-0.25, -0.2) is 9.40 Å². The van der Waals surface area contributed by atoms with Crippen LogP contribution in [0.15, 0.2) is 78.4 Å². The number of para-hydroxylation sites is 1. The molecule has 5 nitrogen and oxygen atoms in total. The quantitative estimate of drug-likeness (QED) is 0.486. The lowest BCUT2D eigenvalue weighted by atomic mass is 10.1. The summed E-state index contributed by atoms with van der Waals surface area (Å²) in [7, 11) is 0. The number of hydrazine groups is 1. The summed E-state index contributed by atoms with van der Waals surface area (Å²) < 4.78 is 19.4. The van der Waals surface area contributed by atoms with Crippen molar-refractivity contribution in [2.24, 2.45) is 0 Å². The molecule has 0 unspecified atom stereocenters. The molecule has 1 heterocycles. The van der Waals surface area contributed by atoms with Crippen molar-refractivity contribution in [3.05, 3.63) is 100 Å². The predicted octanol–water partition coefficient (Wildman–Crippen LogP) is 4.52. The number of hydrogen-bond donors (Lipinski definition) is 1. The summed E-state index contributed by atoms with van der Waals surface area (Å²) in [5, 5.41) is 1.51. The Balaban J connectivity index is 1.47. The molecule has 2 amide bonds. The smallest absolute Gasteiger partial charge is 0.282 e.